The number of nitrogens with zero attached hydrogens (tertiary/aromatic N) is 2. The van der Waals surface area contributed by atoms with Crippen LogP contribution in [0.2, 0.25) is 0 Å². The Morgan fingerprint density at radius 3 is 2.73 bits per heavy atom. The third-order valence-corrected chi connectivity index (χ3v) is 4.44. The molecule has 1 aliphatic carbocycles. The van der Waals surface area contributed by atoms with E-state index in [-0.39, 0.29) is 11.6 Å². The summed E-state index contributed by atoms with van der Waals surface area (Å²) in [6.07, 6.45) is 5.03. The summed E-state index contributed by atoms with van der Waals surface area (Å²) in [6, 6.07) is 5.21. The number of carbonyl (C=O) groups is 1. The molecule has 0 bridgehead atoms. The highest BCUT2D eigenvalue weighted by molar-refractivity contribution is 5.96. The Balaban J connectivity index is 1.89. The smallest absolute Gasteiger partial charge is 0.273 e. The van der Waals surface area contributed by atoms with Gasteiger partial charge < -0.3 is 10.2 Å². The molecule has 0 aliphatic heterocycles. The van der Waals surface area contributed by atoms with Crippen LogP contribution in [0.4, 0.5) is 5.69 Å². The van der Waals surface area contributed by atoms with E-state index in [0.717, 1.165) is 6.54 Å². The molecule has 120 valence electrons. The summed E-state index contributed by atoms with van der Waals surface area (Å²) in [5, 5.41) is 13.8. The largest absolute Gasteiger partial charge is 0.351 e. The predicted molar refractivity (Wildman–Crippen MR) is 85.1 cm³/mol. The molecule has 0 aromatic heterocycles. The normalized spacial score (nSPS) is 15.2. The van der Waals surface area contributed by atoms with Crippen molar-refractivity contribution in [1.29, 1.82) is 0 Å². The highest BCUT2D eigenvalue weighted by Crippen LogP contribution is 2.22. The van der Waals surface area contributed by atoms with Crippen molar-refractivity contribution in [2.75, 3.05) is 20.1 Å². The zero-order chi connectivity index (χ0) is 16.1. The van der Waals surface area contributed by atoms with Crippen LogP contribution in [0.1, 0.15) is 41.6 Å². The lowest BCUT2D eigenvalue weighted by atomic mass is 10.1. The molecule has 1 fully saturated rings. The van der Waals surface area contributed by atoms with Crippen molar-refractivity contribution in [1.82, 2.24) is 10.2 Å². The standard InChI is InChI=1S/C16H23N3O3/c1-12-14(8-5-9-15(12)19(21)22)16(20)17-10-11-18(2)13-6-3-4-7-13/h5,8-9,13H,3-4,6-7,10-11H2,1-2H3,(H,17,20). The minimum atomic E-state index is -0.458. The van der Waals surface area contributed by atoms with Gasteiger partial charge in [0.2, 0.25) is 0 Å². The Kier molecular flexibility index (Phi) is 5.49. The van der Waals surface area contributed by atoms with Gasteiger partial charge in [0.15, 0.2) is 0 Å². The molecular formula is C16H23N3O3. The van der Waals surface area contributed by atoms with E-state index in [1.54, 1.807) is 19.1 Å². The molecule has 1 aliphatic rings. The summed E-state index contributed by atoms with van der Waals surface area (Å²) >= 11 is 0. The molecule has 1 amide bonds. The number of rotatable bonds is 6. The van der Waals surface area contributed by atoms with E-state index in [9.17, 15) is 14.9 Å². The second kappa shape index (κ2) is 7.35. The Hall–Kier alpha value is -1.95. The molecule has 0 spiro atoms. The molecule has 6 nitrogen and oxygen atoms in total. The summed E-state index contributed by atoms with van der Waals surface area (Å²) in [7, 11) is 2.08. The predicted octanol–water partition coefficient (Wildman–Crippen LogP) is 2.51. The summed E-state index contributed by atoms with van der Waals surface area (Å²) in [6.45, 7) is 2.95. The maximum Gasteiger partial charge on any atom is 0.273 e. The first-order valence-corrected chi connectivity index (χ1v) is 7.73. The molecule has 0 heterocycles. The number of likely N-dealkylation sites (N-methyl/N-ethyl adjacent to an activating group) is 1. The van der Waals surface area contributed by atoms with Crippen LogP contribution in [-0.4, -0.2) is 41.9 Å². The van der Waals surface area contributed by atoms with Gasteiger partial charge in [-0.05, 0) is 32.9 Å². The van der Waals surface area contributed by atoms with E-state index in [0.29, 0.717) is 23.7 Å². The molecule has 1 aromatic rings. The second-order valence-corrected chi connectivity index (χ2v) is 5.88. The van der Waals surface area contributed by atoms with E-state index in [1.165, 1.54) is 31.7 Å². The second-order valence-electron chi connectivity index (χ2n) is 5.88. The lowest BCUT2D eigenvalue weighted by molar-refractivity contribution is -0.385. The Bertz CT molecular complexity index is 554. The summed E-state index contributed by atoms with van der Waals surface area (Å²) in [5.74, 6) is -0.249. The number of nitro groups is 1. The average molecular weight is 305 g/mol. The molecule has 0 unspecified atom stereocenters. The van der Waals surface area contributed by atoms with Gasteiger partial charge in [0, 0.05) is 36.3 Å². The van der Waals surface area contributed by atoms with E-state index in [2.05, 4.69) is 17.3 Å². The Morgan fingerprint density at radius 1 is 1.41 bits per heavy atom. The molecule has 1 aromatic carbocycles. The van der Waals surface area contributed by atoms with Crippen molar-refractivity contribution in [2.45, 2.75) is 38.6 Å². The minimum Gasteiger partial charge on any atom is -0.351 e. The average Bonchev–Trinajstić information content (AvgIpc) is 3.01. The number of hydrogen-bond donors (Lipinski definition) is 1. The zero-order valence-corrected chi connectivity index (χ0v) is 13.2. The molecule has 0 radical (unpaired) electrons. The van der Waals surface area contributed by atoms with Crippen molar-refractivity contribution >= 4 is 11.6 Å². The molecular weight excluding hydrogens is 282 g/mol. The lowest BCUT2D eigenvalue weighted by Gasteiger charge is -2.23. The monoisotopic (exact) mass is 305 g/mol. The van der Waals surface area contributed by atoms with Crippen LogP contribution in [0.15, 0.2) is 18.2 Å². The van der Waals surface area contributed by atoms with Crippen LogP contribution in [0.3, 0.4) is 0 Å². The quantitative estimate of drug-likeness (QED) is 0.647. The number of nitrogens with one attached hydrogen (secondary N) is 1. The SMILES string of the molecule is Cc1c(C(=O)NCCN(C)C2CCCC2)cccc1[N+](=O)[O-]. The van der Waals surface area contributed by atoms with Gasteiger partial charge in [-0.15, -0.1) is 0 Å². The van der Waals surface area contributed by atoms with Gasteiger partial charge in [0.05, 0.1) is 4.92 Å². The van der Waals surface area contributed by atoms with Crippen molar-refractivity contribution in [3.05, 3.63) is 39.4 Å². The number of benzene rings is 1. The van der Waals surface area contributed by atoms with Crippen LogP contribution >= 0.6 is 0 Å². The molecule has 2 rings (SSSR count). The van der Waals surface area contributed by atoms with Gasteiger partial charge >= 0.3 is 0 Å². The van der Waals surface area contributed by atoms with Crippen LogP contribution in [-0.2, 0) is 0 Å². The molecule has 1 saturated carbocycles. The maximum absolute atomic E-state index is 12.2. The van der Waals surface area contributed by atoms with Gasteiger partial charge in [-0.2, -0.15) is 0 Å². The van der Waals surface area contributed by atoms with Crippen LogP contribution in [0, 0.1) is 17.0 Å². The number of amides is 1. The van der Waals surface area contributed by atoms with E-state index < -0.39 is 4.92 Å². The first-order valence-electron chi connectivity index (χ1n) is 7.73. The Labute approximate surface area is 130 Å². The number of nitro benzene ring substituents is 1. The van der Waals surface area contributed by atoms with Crippen molar-refractivity contribution in [2.24, 2.45) is 0 Å². The first kappa shape index (κ1) is 16.4. The van der Waals surface area contributed by atoms with Gasteiger partial charge in [0.25, 0.3) is 11.6 Å². The van der Waals surface area contributed by atoms with Crippen LogP contribution in [0.5, 0.6) is 0 Å². The summed E-state index contributed by atoms with van der Waals surface area (Å²) in [4.78, 5) is 24.9. The minimum absolute atomic E-state index is 0.0178. The number of hydrogen-bond acceptors (Lipinski definition) is 4. The topological polar surface area (TPSA) is 75.5 Å². The number of carbonyl (C=O) groups excluding carboxylic acids is 1. The van der Waals surface area contributed by atoms with Gasteiger partial charge in [-0.25, -0.2) is 0 Å². The van der Waals surface area contributed by atoms with Crippen molar-refractivity contribution in [3.8, 4) is 0 Å². The van der Waals surface area contributed by atoms with Crippen LogP contribution in [0.25, 0.3) is 0 Å². The van der Waals surface area contributed by atoms with Crippen molar-refractivity contribution in [3.63, 3.8) is 0 Å². The first-order chi connectivity index (χ1) is 10.5. The Morgan fingerprint density at radius 2 is 2.09 bits per heavy atom. The molecule has 0 atom stereocenters. The van der Waals surface area contributed by atoms with E-state index in [1.807, 2.05) is 0 Å². The molecule has 1 N–H and O–H groups in total. The molecule has 22 heavy (non-hydrogen) atoms. The van der Waals surface area contributed by atoms with E-state index in [4.69, 9.17) is 0 Å². The summed E-state index contributed by atoms with van der Waals surface area (Å²) in [5.41, 5.74) is 0.766. The fraction of sp³-hybridized carbons (Fsp3) is 0.562. The summed E-state index contributed by atoms with van der Waals surface area (Å²) < 4.78 is 0. The van der Waals surface area contributed by atoms with E-state index >= 15 is 0 Å². The van der Waals surface area contributed by atoms with Crippen LogP contribution < -0.4 is 5.32 Å². The third kappa shape index (κ3) is 3.82. The van der Waals surface area contributed by atoms with Gasteiger partial charge in [0.1, 0.15) is 0 Å². The molecule has 6 heteroatoms. The lowest BCUT2D eigenvalue weighted by Crippen LogP contribution is -2.37. The van der Waals surface area contributed by atoms with Gasteiger partial charge in [-0.1, -0.05) is 18.9 Å². The third-order valence-electron chi connectivity index (χ3n) is 4.44. The highest BCUT2D eigenvalue weighted by atomic mass is 16.6. The fourth-order valence-electron chi connectivity index (χ4n) is 3.04. The highest BCUT2D eigenvalue weighted by Gasteiger charge is 2.20. The van der Waals surface area contributed by atoms with Gasteiger partial charge in [-0.3, -0.25) is 14.9 Å². The molecule has 0 saturated heterocycles. The van der Waals surface area contributed by atoms with Crippen molar-refractivity contribution < 1.29 is 9.72 Å². The maximum atomic E-state index is 12.2. The zero-order valence-electron chi connectivity index (χ0n) is 13.2. The fourth-order valence-corrected chi connectivity index (χ4v) is 3.04.